The molecule has 2 rings (SSSR count). The Hall–Kier alpha value is -2.36. The summed E-state index contributed by atoms with van der Waals surface area (Å²) in [5, 5.41) is 2.86. The third kappa shape index (κ3) is 3.35. The molecule has 20 heavy (non-hydrogen) atoms. The molecule has 3 N–H and O–H groups in total. The molecule has 2 aromatic carbocycles. The molecule has 0 saturated heterocycles. The van der Waals surface area contributed by atoms with Gasteiger partial charge in [-0.2, -0.15) is 0 Å². The van der Waals surface area contributed by atoms with Gasteiger partial charge in [0.25, 0.3) is 0 Å². The molecule has 0 fully saturated rings. The van der Waals surface area contributed by atoms with Gasteiger partial charge < -0.3 is 11.1 Å². The fourth-order valence-corrected chi connectivity index (χ4v) is 2.21. The lowest BCUT2D eigenvalue weighted by atomic mass is 10.1. The van der Waals surface area contributed by atoms with Crippen LogP contribution < -0.4 is 11.1 Å². The van der Waals surface area contributed by atoms with Gasteiger partial charge in [0, 0.05) is 11.4 Å². The Balaban J connectivity index is 2.13. The molecule has 104 valence electrons. The van der Waals surface area contributed by atoms with Crippen LogP contribution in [0.4, 0.5) is 15.8 Å². The summed E-state index contributed by atoms with van der Waals surface area (Å²) in [6, 6.07) is 9.66. The Morgan fingerprint density at radius 1 is 1.20 bits per heavy atom. The quantitative estimate of drug-likeness (QED) is 0.843. The molecule has 1 amide bonds. The van der Waals surface area contributed by atoms with Crippen LogP contribution in [0.3, 0.4) is 0 Å². The molecule has 0 saturated carbocycles. The number of amides is 1. The predicted octanol–water partition coefficient (Wildman–Crippen LogP) is 3.21. The Bertz CT molecular complexity index is 630. The van der Waals surface area contributed by atoms with Crippen LogP contribution in [0.1, 0.15) is 16.7 Å². The van der Waals surface area contributed by atoms with Crippen LogP contribution in [-0.2, 0) is 11.2 Å². The molecule has 0 radical (unpaired) electrons. The van der Waals surface area contributed by atoms with Crippen molar-refractivity contribution in [2.24, 2.45) is 0 Å². The maximum Gasteiger partial charge on any atom is 0.228 e. The van der Waals surface area contributed by atoms with E-state index in [4.69, 9.17) is 5.73 Å². The molecule has 2 aromatic rings. The number of hydrogen-bond donors (Lipinski definition) is 2. The lowest BCUT2D eigenvalue weighted by Gasteiger charge is -2.12. The minimum atomic E-state index is -0.338. The van der Waals surface area contributed by atoms with E-state index in [9.17, 15) is 9.18 Å². The van der Waals surface area contributed by atoms with Crippen molar-refractivity contribution >= 4 is 17.3 Å². The molecule has 0 spiro atoms. The van der Waals surface area contributed by atoms with Crippen LogP contribution in [-0.4, -0.2) is 5.91 Å². The van der Waals surface area contributed by atoms with Crippen LogP contribution >= 0.6 is 0 Å². The van der Waals surface area contributed by atoms with E-state index in [0.717, 1.165) is 16.8 Å². The number of benzene rings is 2. The number of nitrogens with two attached hydrogens (primary N) is 1. The molecule has 0 aliphatic heterocycles. The van der Waals surface area contributed by atoms with Gasteiger partial charge >= 0.3 is 0 Å². The molecular formula is C16H17FN2O. The SMILES string of the molecule is Cc1cc(N)cc(C)c1NC(=O)Cc1cccc(F)c1. The number of anilines is 2. The molecule has 0 aliphatic carbocycles. The second kappa shape index (κ2) is 5.74. The maximum atomic E-state index is 13.1. The summed E-state index contributed by atoms with van der Waals surface area (Å²) in [6.07, 6.45) is 0.140. The first kappa shape index (κ1) is 14.1. The molecule has 4 heteroatoms. The van der Waals surface area contributed by atoms with Gasteiger partial charge in [-0.25, -0.2) is 4.39 Å². The van der Waals surface area contributed by atoms with Gasteiger partial charge in [0.15, 0.2) is 0 Å². The van der Waals surface area contributed by atoms with Crippen molar-refractivity contribution in [3.8, 4) is 0 Å². The van der Waals surface area contributed by atoms with Crippen LogP contribution in [0, 0.1) is 19.7 Å². The molecule has 3 nitrogen and oxygen atoms in total. The number of carbonyl (C=O) groups excluding carboxylic acids is 1. The van der Waals surface area contributed by atoms with Gasteiger partial charge in [0.2, 0.25) is 5.91 Å². The molecular weight excluding hydrogens is 255 g/mol. The highest BCUT2D eigenvalue weighted by Crippen LogP contribution is 2.23. The zero-order chi connectivity index (χ0) is 14.7. The number of nitrogen functional groups attached to an aromatic ring is 1. The third-order valence-corrected chi connectivity index (χ3v) is 3.07. The van der Waals surface area contributed by atoms with Gasteiger partial charge in [0.1, 0.15) is 5.82 Å². The highest BCUT2D eigenvalue weighted by molar-refractivity contribution is 5.94. The highest BCUT2D eigenvalue weighted by Gasteiger charge is 2.09. The van der Waals surface area contributed by atoms with Crippen molar-refractivity contribution in [2.45, 2.75) is 20.3 Å². The molecule has 0 heterocycles. The first-order valence-corrected chi connectivity index (χ1v) is 6.36. The van der Waals surface area contributed by atoms with Gasteiger partial charge in [-0.15, -0.1) is 0 Å². The Labute approximate surface area is 117 Å². The van der Waals surface area contributed by atoms with Crippen molar-refractivity contribution in [3.63, 3.8) is 0 Å². The topological polar surface area (TPSA) is 55.1 Å². The minimum absolute atomic E-state index is 0.140. The van der Waals surface area contributed by atoms with Crippen LogP contribution in [0.25, 0.3) is 0 Å². The lowest BCUT2D eigenvalue weighted by molar-refractivity contribution is -0.115. The zero-order valence-electron chi connectivity index (χ0n) is 11.5. The van der Waals surface area contributed by atoms with Crippen LogP contribution in [0.2, 0.25) is 0 Å². The fraction of sp³-hybridized carbons (Fsp3) is 0.188. The maximum absolute atomic E-state index is 13.1. The van der Waals surface area contributed by atoms with Crippen LogP contribution in [0.15, 0.2) is 36.4 Å². The predicted molar refractivity (Wildman–Crippen MR) is 79.1 cm³/mol. The first-order chi connectivity index (χ1) is 9.45. The summed E-state index contributed by atoms with van der Waals surface area (Å²) in [5.41, 5.74) is 9.65. The molecule has 0 aromatic heterocycles. The standard InChI is InChI=1S/C16H17FN2O/c1-10-6-14(18)7-11(2)16(10)19-15(20)9-12-4-3-5-13(17)8-12/h3-8H,9,18H2,1-2H3,(H,19,20). The molecule has 0 unspecified atom stereocenters. The third-order valence-electron chi connectivity index (χ3n) is 3.07. The van der Waals surface area contributed by atoms with E-state index >= 15 is 0 Å². The van der Waals surface area contributed by atoms with E-state index in [-0.39, 0.29) is 18.1 Å². The second-order valence-electron chi connectivity index (χ2n) is 4.88. The number of rotatable bonds is 3. The molecule has 0 aliphatic rings. The van der Waals surface area contributed by atoms with E-state index in [1.54, 1.807) is 12.1 Å². The second-order valence-corrected chi connectivity index (χ2v) is 4.88. The summed E-state index contributed by atoms with van der Waals surface area (Å²) in [7, 11) is 0. The van der Waals surface area contributed by atoms with Gasteiger partial charge in [-0.1, -0.05) is 12.1 Å². The number of carbonyl (C=O) groups is 1. The summed E-state index contributed by atoms with van der Waals surface area (Å²) < 4.78 is 13.1. The Kier molecular flexibility index (Phi) is 4.03. The zero-order valence-corrected chi connectivity index (χ0v) is 11.5. The normalized spacial score (nSPS) is 10.3. The number of nitrogens with one attached hydrogen (secondary N) is 1. The summed E-state index contributed by atoms with van der Waals surface area (Å²) in [6.45, 7) is 3.78. The summed E-state index contributed by atoms with van der Waals surface area (Å²) in [5.74, 6) is -0.512. The smallest absolute Gasteiger partial charge is 0.228 e. The number of aryl methyl sites for hydroxylation is 2. The molecule has 0 bridgehead atoms. The van der Waals surface area contributed by atoms with E-state index < -0.39 is 0 Å². The van der Waals surface area contributed by atoms with Crippen molar-refractivity contribution in [1.29, 1.82) is 0 Å². The molecule has 0 atom stereocenters. The number of halogens is 1. The minimum Gasteiger partial charge on any atom is -0.399 e. The van der Waals surface area contributed by atoms with Gasteiger partial charge in [-0.3, -0.25) is 4.79 Å². The van der Waals surface area contributed by atoms with E-state index in [2.05, 4.69) is 5.32 Å². The van der Waals surface area contributed by atoms with Crippen molar-refractivity contribution in [3.05, 3.63) is 58.9 Å². The van der Waals surface area contributed by atoms with E-state index in [0.29, 0.717) is 11.3 Å². The van der Waals surface area contributed by atoms with Gasteiger partial charge in [0.05, 0.1) is 6.42 Å². The van der Waals surface area contributed by atoms with Crippen molar-refractivity contribution < 1.29 is 9.18 Å². The monoisotopic (exact) mass is 272 g/mol. The van der Waals surface area contributed by atoms with E-state index in [1.165, 1.54) is 12.1 Å². The number of hydrogen-bond acceptors (Lipinski definition) is 2. The Morgan fingerprint density at radius 3 is 2.45 bits per heavy atom. The summed E-state index contributed by atoms with van der Waals surface area (Å²) in [4.78, 5) is 12.0. The first-order valence-electron chi connectivity index (χ1n) is 6.36. The van der Waals surface area contributed by atoms with Crippen LogP contribution in [0.5, 0.6) is 0 Å². The van der Waals surface area contributed by atoms with Crippen molar-refractivity contribution in [2.75, 3.05) is 11.1 Å². The highest BCUT2D eigenvalue weighted by atomic mass is 19.1. The summed E-state index contributed by atoms with van der Waals surface area (Å²) >= 11 is 0. The largest absolute Gasteiger partial charge is 0.399 e. The average molecular weight is 272 g/mol. The van der Waals surface area contributed by atoms with E-state index in [1.807, 2.05) is 26.0 Å². The fourth-order valence-electron chi connectivity index (χ4n) is 2.21. The van der Waals surface area contributed by atoms with Gasteiger partial charge in [-0.05, 0) is 54.8 Å². The van der Waals surface area contributed by atoms with Crippen molar-refractivity contribution in [1.82, 2.24) is 0 Å². The Morgan fingerprint density at radius 2 is 1.85 bits per heavy atom. The lowest BCUT2D eigenvalue weighted by Crippen LogP contribution is -2.16. The average Bonchev–Trinajstić information content (AvgIpc) is 2.33.